The van der Waals surface area contributed by atoms with E-state index in [4.69, 9.17) is 0 Å². The predicted molar refractivity (Wildman–Crippen MR) is 102 cm³/mol. The van der Waals surface area contributed by atoms with Gasteiger partial charge in [0.15, 0.2) is 0 Å². The lowest BCUT2D eigenvalue weighted by Gasteiger charge is -2.36. The summed E-state index contributed by atoms with van der Waals surface area (Å²) in [5.74, 6) is 0.810. The van der Waals surface area contributed by atoms with Gasteiger partial charge < -0.3 is 9.80 Å². The number of piperidine rings is 1. The topological polar surface area (TPSA) is 62.2 Å². The summed E-state index contributed by atoms with van der Waals surface area (Å²) in [7, 11) is 1.82. The van der Waals surface area contributed by atoms with E-state index in [1.807, 2.05) is 25.2 Å². The van der Waals surface area contributed by atoms with E-state index < -0.39 is 0 Å². The average Bonchev–Trinajstić information content (AvgIpc) is 2.72. The molecule has 1 aliphatic heterocycles. The fourth-order valence-corrected chi connectivity index (χ4v) is 3.49. The molecule has 1 unspecified atom stereocenters. The van der Waals surface area contributed by atoms with Crippen LogP contribution in [0.5, 0.6) is 0 Å². The highest BCUT2D eigenvalue weighted by Crippen LogP contribution is 2.25. The Morgan fingerprint density at radius 1 is 1.27 bits per heavy atom. The molecule has 26 heavy (non-hydrogen) atoms. The first kappa shape index (κ1) is 18.3. The first-order valence-electron chi connectivity index (χ1n) is 9.42. The van der Waals surface area contributed by atoms with Gasteiger partial charge in [0.2, 0.25) is 0 Å². The highest BCUT2D eigenvalue weighted by atomic mass is 16.2. The maximum atomic E-state index is 12.8. The van der Waals surface area contributed by atoms with Crippen LogP contribution in [-0.4, -0.2) is 51.9 Å². The van der Waals surface area contributed by atoms with Crippen LogP contribution in [0.15, 0.2) is 36.9 Å². The molecule has 1 saturated heterocycles. The van der Waals surface area contributed by atoms with Crippen LogP contribution < -0.4 is 4.90 Å². The molecule has 6 heteroatoms. The summed E-state index contributed by atoms with van der Waals surface area (Å²) in [6.45, 7) is 3.85. The van der Waals surface area contributed by atoms with E-state index in [1.54, 1.807) is 17.3 Å². The Hall–Kier alpha value is -2.50. The van der Waals surface area contributed by atoms with Gasteiger partial charge in [0.05, 0.1) is 0 Å². The number of hydrogen-bond acceptors (Lipinski definition) is 5. The van der Waals surface area contributed by atoms with Gasteiger partial charge >= 0.3 is 0 Å². The molecule has 0 bridgehead atoms. The monoisotopic (exact) mass is 353 g/mol. The number of carbonyl (C=O) groups is 1. The van der Waals surface area contributed by atoms with Crippen LogP contribution >= 0.6 is 0 Å². The molecule has 0 saturated carbocycles. The molecule has 1 amide bonds. The van der Waals surface area contributed by atoms with Crippen molar-refractivity contribution in [2.75, 3.05) is 25.0 Å². The van der Waals surface area contributed by atoms with Gasteiger partial charge in [0.25, 0.3) is 5.91 Å². The van der Waals surface area contributed by atoms with Gasteiger partial charge in [-0.2, -0.15) is 0 Å². The van der Waals surface area contributed by atoms with Crippen molar-refractivity contribution < 1.29 is 4.79 Å². The highest BCUT2D eigenvalue weighted by molar-refractivity contribution is 5.92. The van der Waals surface area contributed by atoms with E-state index in [-0.39, 0.29) is 5.91 Å². The van der Waals surface area contributed by atoms with Crippen LogP contribution in [0.4, 0.5) is 5.82 Å². The fraction of sp³-hybridized carbons (Fsp3) is 0.500. The van der Waals surface area contributed by atoms with Crippen LogP contribution in [0.2, 0.25) is 0 Å². The van der Waals surface area contributed by atoms with Crippen molar-refractivity contribution in [3.8, 4) is 0 Å². The molecule has 3 rings (SSSR count). The van der Waals surface area contributed by atoms with Gasteiger partial charge in [0, 0.05) is 44.6 Å². The number of hydrogen-bond donors (Lipinski definition) is 0. The predicted octanol–water partition coefficient (Wildman–Crippen LogP) is 2.96. The first-order chi connectivity index (χ1) is 12.7. The lowest BCUT2D eigenvalue weighted by Crippen LogP contribution is -2.40. The van der Waals surface area contributed by atoms with E-state index in [1.165, 1.54) is 31.2 Å². The third kappa shape index (κ3) is 4.36. The Balaban J connectivity index is 1.67. The van der Waals surface area contributed by atoms with Crippen molar-refractivity contribution in [3.05, 3.63) is 48.2 Å². The summed E-state index contributed by atoms with van der Waals surface area (Å²) in [6, 6.07) is 6.30. The Morgan fingerprint density at radius 3 is 2.85 bits per heavy atom. The second kappa shape index (κ2) is 8.74. The third-order valence-corrected chi connectivity index (χ3v) is 5.10. The summed E-state index contributed by atoms with van der Waals surface area (Å²) in [5, 5.41) is 0. The SMILES string of the molecule is CCC1CCCCN1c1cc(C(=O)N(C)CCc2ccncc2)ncn1. The molecule has 1 atom stereocenters. The van der Waals surface area contributed by atoms with Gasteiger partial charge in [-0.15, -0.1) is 0 Å². The quantitative estimate of drug-likeness (QED) is 0.799. The standard InChI is InChI=1S/C20H27N5O/c1-3-17-6-4-5-12-25(17)19-14-18(22-15-23-19)20(26)24(2)13-9-16-7-10-21-11-8-16/h7-8,10-11,14-15,17H,3-6,9,12-13H2,1-2H3. The second-order valence-corrected chi connectivity index (χ2v) is 6.84. The molecule has 0 N–H and O–H groups in total. The van der Waals surface area contributed by atoms with E-state index in [0.717, 1.165) is 25.2 Å². The Bertz CT molecular complexity index is 721. The van der Waals surface area contributed by atoms with Crippen molar-refractivity contribution >= 4 is 11.7 Å². The number of anilines is 1. The number of nitrogens with zero attached hydrogens (tertiary/aromatic N) is 5. The molecule has 3 heterocycles. The zero-order valence-electron chi connectivity index (χ0n) is 15.6. The third-order valence-electron chi connectivity index (χ3n) is 5.10. The molecule has 1 aliphatic rings. The number of aromatic nitrogens is 3. The lowest BCUT2D eigenvalue weighted by atomic mass is 10.00. The number of carbonyl (C=O) groups excluding carboxylic acids is 1. The zero-order chi connectivity index (χ0) is 18.4. The molecular formula is C20H27N5O. The molecule has 0 aliphatic carbocycles. The average molecular weight is 353 g/mol. The van der Waals surface area contributed by atoms with Crippen molar-refractivity contribution in [2.45, 2.75) is 45.1 Å². The second-order valence-electron chi connectivity index (χ2n) is 6.84. The van der Waals surface area contributed by atoms with Gasteiger partial charge in [0.1, 0.15) is 17.8 Å². The molecule has 2 aromatic rings. The Morgan fingerprint density at radius 2 is 2.08 bits per heavy atom. The molecule has 6 nitrogen and oxygen atoms in total. The molecule has 0 radical (unpaired) electrons. The maximum absolute atomic E-state index is 12.8. The van der Waals surface area contributed by atoms with Crippen LogP contribution in [0.1, 0.15) is 48.7 Å². The molecule has 2 aromatic heterocycles. The van der Waals surface area contributed by atoms with E-state index in [9.17, 15) is 4.79 Å². The minimum atomic E-state index is -0.0623. The van der Waals surface area contributed by atoms with Crippen molar-refractivity contribution in [1.29, 1.82) is 0 Å². The molecule has 0 spiro atoms. The number of rotatable bonds is 6. The molecular weight excluding hydrogens is 326 g/mol. The van der Waals surface area contributed by atoms with Crippen LogP contribution in [0, 0.1) is 0 Å². The first-order valence-corrected chi connectivity index (χ1v) is 9.42. The lowest BCUT2D eigenvalue weighted by molar-refractivity contribution is 0.0790. The van der Waals surface area contributed by atoms with Gasteiger partial charge in [-0.3, -0.25) is 9.78 Å². The normalized spacial score (nSPS) is 17.2. The van der Waals surface area contributed by atoms with Crippen LogP contribution in [0.25, 0.3) is 0 Å². The van der Waals surface area contributed by atoms with Gasteiger partial charge in [-0.05, 0) is 49.8 Å². The molecule has 0 aromatic carbocycles. The van der Waals surface area contributed by atoms with Crippen molar-refractivity contribution in [2.24, 2.45) is 0 Å². The van der Waals surface area contributed by atoms with Crippen LogP contribution in [0.3, 0.4) is 0 Å². The van der Waals surface area contributed by atoms with E-state index in [2.05, 4.69) is 26.8 Å². The summed E-state index contributed by atoms with van der Waals surface area (Å²) >= 11 is 0. The highest BCUT2D eigenvalue weighted by Gasteiger charge is 2.23. The minimum Gasteiger partial charge on any atom is -0.354 e. The minimum absolute atomic E-state index is 0.0623. The Labute approximate surface area is 155 Å². The summed E-state index contributed by atoms with van der Waals surface area (Å²) in [5.41, 5.74) is 1.63. The van der Waals surface area contributed by atoms with Gasteiger partial charge in [-0.25, -0.2) is 9.97 Å². The number of amides is 1. The fourth-order valence-electron chi connectivity index (χ4n) is 3.49. The van der Waals surface area contributed by atoms with Crippen LogP contribution in [-0.2, 0) is 6.42 Å². The summed E-state index contributed by atoms with van der Waals surface area (Å²) < 4.78 is 0. The van der Waals surface area contributed by atoms with E-state index >= 15 is 0 Å². The molecule has 138 valence electrons. The van der Waals surface area contributed by atoms with E-state index in [0.29, 0.717) is 18.3 Å². The summed E-state index contributed by atoms with van der Waals surface area (Å²) in [6.07, 6.45) is 10.6. The van der Waals surface area contributed by atoms with Crippen molar-refractivity contribution in [3.63, 3.8) is 0 Å². The zero-order valence-corrected chi connectivity index (χ0v) is 15.6. The Kier molecular flexibility index (Phi) is 6.15. The summed E-state index contributed by atoms with van der Waals surface area (Å²) in [4.78, 5) is 29.5. The smallest absolute Gasteiger partial charge is 0.272 e. The van der Waals surface area contributed by atoms with Crippen molar-refractivity contribution in [1.82, 2.24) is 19.9 Å². The maximum Gasteiger partial charge on any atom is 0.272 e. The van der Waals surface area contributed by atoms with Gasteiger partial charge in [-0.1, -0.05) is 6.92 Å². The molecule has 1 fully saturated rings. The number of likely N-dealkylation sites (N-methyl/N-ethyl adjacent to an activating group) is 1. The number of pyridine rings is 1. The largest absolute Gasteiger partial charge is 0.354 e.